The van der Waals surface area contributed by atoms with Crippen LogP contribution in [0.5, 0.6) is 0 Å². The summed E-state index contributed by atoms with van der Waals surface area (Å²) in [7, 11) is 0. The molecule has 2 fully saturated rings. The van der Waals surface area contributed by atoms with Crippen LogP contribution in [0.2, 0.25) is 0 Å². The van der Waals surface area contributed by atoms with Gasteiger partial charge in [-0.25, -0.2) is 0 Å². The largest absolute Gasteiger partial charge is 0.364 e. The molecule has 3 atom stereocenters. The quantitative estimate of drug-likeness (QED) is 0.727. The van der Waals surface area contributed by atoms with Crippen molar-refractivity contribution < 1.29 is 19.0 Å². The van der Waals surface area contributed by atoms with E-state index < -0.39 is 5.79 Å². The van der Waals surface area contributed by atoms with Gasteiger partial charge in [0.2, 0.25) is 5.91 Å². The fourth-order valence-corrected chi connectivity index (χ4v) is 2.26. The molecule has 2 rings (SSSR count). The number of hydrogen-bond acceptors (Lipinski definition) is 5. The van der Waals surface area contributed by atoms with Gasteiger partial charge in [0, 0.05) is 13.1 Å². The zero-order chi connectivity index (χ0) is 13.2. The summed E-state index contributed by atoms with van der Waals surface area (Å²) in [5.74, 6) is -0.636. The van der Waals surface area contributed by atoms with E-state index in [0.29, 0.717) is 19.7 Å². The van der Waals surface area contributed by atoms with E-state index in [1.165, 1.54) is 0 Å². The van der Waals surface area contributed by atoms with Crippen LogP contribution in [0.25, 0.3) is 0 Å². The van der Waals surface area contributed by atoms with Crippen LogP contribution in [-0.4, -0.2) is 49.7 Å². The SMILES string of the molecule is CC1(C)OCC(CNC(=O)C2CCC(CN)O2)O1. The molecule has 1 amide bonds. The summed E-state index contributed by atoms with van der Waals surface area (Å²) in [5.41, 5.74) is 5.51. The molecule has 0 aromatic heterocycles. The highest BCUT2D eigenvalue weighted by molar-refractivity contribution is 5.81. The van der Waals surface area contributed by atoms with Gasteiger partial charge >= 0.3 is 0 Å². The Kier molecular flexibility index (Phi) is 4.21. The predicted octanol–water partition coefficient (Wildman–Crippen LogP) is -0.240. The lowest BCUT2D eigenvalue weighted by molar-refractivity contribution is -0.141. The molecule has 0 saturated carbocycles. The number of rotatable bonds is 4. The van der Waals surface area contributed by atoms with Gasteiger partial charge in [-0.1, -0.05) is 0 Å². The Balaban J connectivity index is 1.70. The summed E-state index contributed by atoms with van der Waals surface area (Å²) < 4.78 is 16.5. The van der Waals surface area contributed by atoms with Crippen molar-refractivity contribution in [2.75, 3.05) is 19.7 Å². The van der Waals surface area contributed by atoms with Crippen molar-refractivity contribution in [2.45, 2.75) is 50.8 Å². The summed E-state index contributed by atoms with van der Waals surface area (Å²) in [5, 5.41) is 2.84. The molecule has 6 heteroatoms. The maximum atomic E-state index is 11.9. The topological polar surface area (TPSA) is 82.8 Å². The zero-order valence-corrected chi connectivity index (χ0v) is 11.0. The van der Waals surface area contributed by atoms with E-state index in [4.69, 9.17) is 19.9 Å². The van der Waals surface area contributed by atoms with Gasteiger partial charge in [-0.3, -0.25) is 4.79 Å². The lowest BCUT2D eigenvalue weighted by Crippen LogP contribution is -2.40. The van der Waals surface area contributed by atoms with Gasteiger partial charge in [0.05, 0.1) is 12.7 Å². The molecule has 104 valence electrons. The molecule has 6 nitrogen and oxygen atoms in total. The Bertz CT molecular complexity index is 308. The molecule has 3 unspecified atom stereocenters. The first-order valence-corrected chi connectivity index (χ1v) is 6.45. The second kappa shape index (κ2) is 5.52. The zero-order valence-electron chi connectivity index (χ0n) is 11.0. The van der Waals surface area contributed by atoms with Crippen molar-refractivity contribution in [3.8, 4) is 0 Å². The summed E-state index contributed by atoms with van der Waals surface area (Å²) >= 11 is 0. The maximum Gasteiger partial charge on any atom is 0.249 e. The summed E-state index contributed by atoms with van der Waals surface area (Å²) in [6.07, 6.45) is 1.15. The number of nitrogens with two attached hydrogens (primary N) is 1. The van der Waals surface area contributed by atoms with E-state index in [-0.39, 0.29) is 24.2 Å². The van der Waals surface area contributed by atoms with Crippen LogP contribution < -0.4 is 11.1 Å². The minimum absolute atomic E-state index is 0.0192. The molecule has 2 heterocycles. The van der Waals surface area contributed by atoms with Crippen molar-refractivity contribution in [3.63, 3.8) is 0 Å². The van der Waals surface area contributed by atoms with Crippen LogP contribution >= 0.6 is 0 Å². The third-order valence-corrected chi connectivity index (χ3v) is 3.23. The predicted molar refractivity (Wildman–Crippen MR) is 64.9 cm³/mol. The van der Waals surface area contributed by atoms with Crippen molar-refractivity contribution >= 4 is 5.91 Å². The van der Waals surface area contributed by atoms with E-state index >= 15 is 0 Å². The average Bonchev–Trinajstić information content (AvgIpc) is 2.92. The fourth-order valence-electron chi connectivity index (χ4n) is 2.26. The highest BCUT2D eigenvalue weighted by Gasteiger charge is 2.34. The monoisotopic (exact) mass is 258 g/mol. The Morgan fingerprint density at radius 2 is 2.17 bits per heavy atom. The lowest BCUT2D eigenvalue weighted by Gasteiger charge is -2.18. The summed E-state index contributed by atoms with van der Waals surface area (Å²) in [6, 6.07) is 0. The fraction of sp³-hybridized carbons (Fsp3) is 0.917. The molecule has 0 aromatic carbocycles. The number of ether oxygens (including phenoxy) is 3. The first-order valence-electron chi connectivity index (χ1n) is 6.45. The number of carbonyl (C=O) groups excluding carboxylic acids is 1. The number of nitrogens with one attached hydrogen (secondary N) is 1. The minimum Gasteiger partial charge on any atom is -0.364 e. The molecule has 0 spiro atoms. The van der Waals surface area contributed by atoms with E-state index in [1.54, 1.807) is 0 Å². The van der Waals surface area contributed by atoms with Crippen LogP contribution in [0.1, 0.15) is 26.7 Å². The number of amides is 1. The average molecular weight is 258 g/mol. The van der Waals surface area contributed by atoms with Crippen LogP contribution in [0, 0.1) is 0 Å². The van der Waals surface area contributed by atoms with Crippen molar-refractivity contribution in [3.05, 3.63) is 0 Å². The molecule has 0 radical (unpaired) electrons. The normalized spacial score (nSPS) is 34.7. The molecule has 0 aromatic rings. The Morgan fingerprint density at radius 3 is 2.72 bits per heavy atom. The van der Waals surface area contributed by atoms with Crippen molar-refractivity contribution in [2.24, 2.45) is 5.73 Å². The standard InChI is InChI=1S/C12H22N2O4/c1-12(2)16-7-9(18-12)6-14-11(15)10-4-3-8(5-13)17-10/h8-10H,3-7,13H2,1-2H3,(H,14,15). The third kappa shape index (κ3) is 3.41. The maximum absolute atomic E-state index is 11.9. The van der Waals surface area contributed by atoms with Gasteiger partial charge in [0.15, 0.2) is 5.79 Å². The van der Waals surface area contributed by atoms with Gasteiger partial charge < -0.3 is 25.3 Å². The van der Waals surface area contributed by atoms with Crippen molar-refractivity contribution in [1.29, 1.82) is 0 Å². The molecular formula is C12H22N2O4. The minimum atomic E-state index is -0.552. The van der Waals surface area contributed by atoms with E-state index in [1.807, 2.05) is 13.8 Å². The Labute approximate surface area is 107 Å². The smallest absolute Gasteiger partial charge is 0.249 e. The van der Waals surface area contributed by atoms with Gasteiger partial charge in [0.1, 0.15) is 12.2 Å². The second-order valence-electron chi connectivity index (χ2n) is 5.26. The molecule has 18 heavy (non-hydrogen) atoms. The van der Waals surface area contributed by atoms with Crippen LogP contribution in [-0.2, 0) is 19.0 Å². The lowest BCUT2D eigenvalue weighted by atomic mass is 10.2. The van der Waals surface area contributed by atoms with Crippen LogP contribution in [0.15, 0.2) is 0 Å². The van der Waals surface area contributed by atoms with Gasteiger partial charge in [-0.2, -0.15) is 0 Å². The first-order chi connectivity index (χ1) is 8.50. The molecule has 0 aliphatic carbocycles. The van der Waals surface area contributed by atoms with E-state index in [9.17, 15) is 4.79 Å². The molecule has 2 aliphatic rings. The number of hydrogen-bond donors (Lipinski definition) is 2. The Hall–Kier alpha value is -0.690. The van der Waals surface area contributed by atoms with Crippen LogP contribution in [0.4, 0.5) is 0 Å². The third-order valence-electron chi connectivity index (χ3n) is 3.23. The van der Waals surface area contributed by atoms with Gasteiger partial charge in [-0.15, -0.1) is 0 Å². The molecule has 2 saturated heterocycles. The second-order valence-corrected chi connectivity index (χ2v) is 5.26. The summed E-state index contributed by atoms with van der Waals surface area (Å²) in [4.78, 5) is 11.9. The molecule has 0 bridgehead atoms. The van der Waals surface area contributed by atoms with Crippen molar-refractivity contribution in [1.82, 2.24) is 5.32 Å². The highest BCUT2D eigenvalue weighted by Crippen LogP contribution is 2.22. The van der Waals surface area contributed by atoms with E-state index in [2.05, 4.69) is 5.32 Å². The van der Waals surface area contributed by atoms with E-state index in [0.717, 1.165) is 12.8 Å². The molecule has 2 aliphatic heterocycles. The van der Waals surface area contributed by atoms with Crippen LogP contribution in [0.3, 0.4) is 0 Å². The molecular weight excluding hydrogens is 236 g/mol. The van der Waals surface area contributed by atoms with Gasteiger partial charge in [-0.05, 0) is 26.7 Å². The number of carbonyl (C=O) groups is 1. The summed E-state index contributed by atoms with van der Waals surface area (Å²) in [6.45, 7) is 5.15. The molecule has 3 N–H and O–H groups in total. The first kappa shape index (κ1) is 13.7. The highest BCUT2D eigenvalue weighted by atomic mass is 16.7. The Morgan fingerprint density at radius 1 is 1.39 bits per heavy atom. The van der Waals surface area contributed by atoms with Gasteiger partial charge in [0.25, 0.3) is 0 Å².